The Balaban J connectivity index is 3.18. The molecule has 0 fully saturated rings. The van der Waals surface area contributed by atoms with Gasteiger partial charge in [-0.2, -0.15) is 0 Å². The van der Waals surface area contributed by atoms with Crippen molar-refractivity contribution in [2.45, 2.75) is 20.8 Å². The van der Waals surface area contributed by atoms with Crippen LogP contribution in [0.5, 0.6) is 0 Å². The van der Waals surface area contributed by atoms with Gasteiger partial charge in [0.2, 0.25) is 0 Å². The minimum atomic E-state index is -0.323. The van der Waals surface area contributed by atoms with Gasteiger partial charge in [-0.15, -0.1) is 0 Å². The van der Waals surface area contributed by atoms with Crippen molar-refractivity contribution in [1.82, 2.24) is 0 Å². The van der Waals surface area contributed by atoms with Gasteiger partial charge >= 0.3 is 0 Å². The number of nitrogens with zero attached hydrogens (tertiary/aromatic N) is 1. The van der Waals surface area contributed by atoms with Crippen LogP contribution in [0.25, 0.3) is 0 Å². The molecule has 0 heterocycles. The Kier molecular flexibility index (Phi) is 3.30. The summed E-state index contributed by atoms with van der Waals surface area (Å²) in [6.07, 6.45) is 0. The summed E-state index contributed by atoms with van der Waals surface area (Å²) < 4.78 is 0. The van der Waals surface area contributed by atoms with Gasteiger partial charge in [0, 0.05) is 11.0 Å². The van der Waals surface area contributed by atoms with Crippen molar-refractivity contribution in [2.24, 2.45) is 10.6 Å². The van der Waals surface area contributed by atoms with Crippen LogP contribution < -0.4 is 0 Å². The molecule has 0 aromatic heterocycles. The predicted octanol–water partition coefficient (Wildman–Crippen LogP) is 3.47. The van der Waals surface area contributed by atoms with E-state index in [1.165, 1.54) is 0 Å². The lowest BCUT2D eigenvalue weighted by atomic mass is 9.78. The van der Waals surface area contributed by atoms with Crippen LogP contribution in [0.1, 0.15) is 26.3 Å². The molecule has 1 rings (SSSR count). The van der Waals surface area contributed by atoms with Crippen LogP contribution >= 0.6 is 0 Å². The molecule has 0 unspecified atom stereocenters. The van der Waals surface area contributed by atoms with E-state index in [1.807, 2.05) is 51.1 Å². The SMILES string of the molecule is C=C(C)C(C)(C)/C(=N/O)c1ccccc1. The van der Waals surface area contributed by atoms with Crippen LogP contribution in [-0.2, 0) is 0 Å². The average Bonchev–Trinajstić information content (AvgIpc) is 2.19. The molecule has 0 saturated heterocycles. The van der Waals surface area contributed by atoms with Crippen LogP contribution in [0.15, 0.2) is 47.6 Å². The number of oxime groups is 1. The van der Waals surface area contributed by atoms with E-state index < -0.39 is 0 Å². The maximum Gasteiger partial charge on any atom is 0.0963 e. The summed E-state index contributed by atoms with van der Waals surface area (Å²) in [7, 11) is 0. The molecular formula is C13H17NO. The van der Waals surface area contributed by atoms with Crippen molar-refractivity contribution in [3.63, 3.8) is 0 Å². The zero-order chi connectivity index (χ0) is 11.5. The standard InChI is InChI=1S/C13H17NO/c1-10(2)13(3,4)12(14-15)11-8-6-5-7-9-11/h5-9,15H,1H2,2-4H3/b14-12+. The van der Waals surface area contributed by atoms with Crippen LogP contribution in [0, 0.1) is 5.41 Å². The lowest BCUT2D eigenvalue weighted by Gasteiger charge is -2.26. The molecule has 0 amide bonds. The molecule has 0 bridgehead atoms. The highest BCUT2D eigenvalue weighted by Crippen LogP contribution is 2.29. The van der Waals surface area contributed by atoms with Crippen molar-refractivity contribution in [1.29, 1.82) is 0 Å². The second kappa shape index (κ2) is 4.30. The third kappa shape index (κ3) is 2.27. The van der Waals surface area contributed by atoms with Crippen LogP contribution in [0.4, 0.5) is 0 Å². The molecule has 0 aliphatic carbocycles. The molecule has 1 N–H and O–H groups in total. The first-order valence-electron chi connectivity index (χ1n) is 4.94. The molecule has 2 heteroatoms. The Morgan fingerprint density at radius 3 is 2.20 bits per heavy atom. The minimum Gasteiger partial charge on any atom is -0.411 e. The lowest BCUT2D eigenvalue weighted by Crippen LogP contribution is -2.26. The first-order chi connectivity index (χ1) is 7.00. The van der Waals surface area contributed by atoms with Crippen molar-refractivity contribution in [3.05, 3.63) is 48.0 Å². The molecule has 1 aromatic rings. The number of hydrogen-bond acceptors (Lipinski definition) is 2. The Bertz CT molecular complexity index is 377. The van der Waals surface area contributed by atoms with Gasteiger partial charge in [-0.05, 0) is 6.92 Å². The van der Waals surface area contributed by atoms with E-state index in [1.54, 1.807) is 0 Å². The van der Waals surface area contributed by atoms with Gasteiger partial charge in [-0.1, -0.05) is 61.5 Å². The van der Waals surface area contributed by atoms with Crippen molar-refractivity contribution in [3.8, 4) is 0 Å². The third-order valence-electron chi connectivity index (χ3n) is 2.81. The van der Waals surface area contributed by atoms with Crippen molar-refractivity contribution >= 4 is 5.71 Å². The maximum absolute atomic E-state index is 9.11. The quantitative estimate of drug-likeness (QED) is 0.347. The van der Waals surface area contributed by atoms with Gasteiger partial charge in [0.25, 0.3) is 0 Å². The topological polar surface area (TPSA) is 32.6 Å². The molecule has 0 saturated carbocycles. The van der Waals surface area contributed by atoms with Crippen molar-refractivity contribution in [2.75, 3.05) is 0 Å². The van der Waals surface area contributed by atoms with E-state index >= 15 is 0 Å². The molecule has 1 aromatic carbocycles. The lowest BCUT2D eigenvalue weighted by molar-refractivity contribution is 0.312. The minimum absolute atomic E-state index is 0.323. The fourth-order valence-electron chi connectivity index (χ4n) is 1.34. The maximum atomic E-state index is 9.11. The summed E-state index contributed by atoms with van der Waals surface area (Å²) in [6.45, 7) is 9.86. The normalized spacial score (nSPS) is 12.6. The molecule has 0 aliphatic rings. The van der Waals surface area contributed by atoms with E-state index in [0.717, 1.165) is 11.1 Å². The molecule has 0 radical (unpaired) electrons. The first-order valence-corrected chi connectivity index (χ1v) is 4.94. The Morgan fingerprint density at radius 2 is 1.80 bits per heavy atom. The molecule has 2 nitrogen and oxygen atoms in total. The molecular weight excluding hydrogens is 186 g/mol. The highest BCUT2D eigenvalue weighted by atomic mass is 16.4. The zero-order valence-corrected chi connectivity index (χ0v) is 9.49. The highest BCUT2D eigenvalue weighted by molar-refractivity contribution is 6.05. The number of allylic oxidation sites excluding steroid dienone is 1. The second-order valence-electron chi connectivity index (χ2n) is 4.22. The summed E-state index contributed by atoms with van der Waals surface area (Å²) in [6, 6.07) is 9.65. The Morgan fingerprint density at radius 1 is 1.27 bits per heavy atom. The van der Waals surface area contributed by atoms with Crippen LogP contribution in [0.2, 0.25) is 0 Å². The first kappa shape index (κ1) is 11.5. The fraction of sp³-hybridized carbons (Fsp3) is 0.308. The number of hydrogen-bond donors (Lipinski definition) is 1. The molecule has 0 aliphatic heterocycles. The Labute approximate surface area is 90.9 Å². The summed E-state index contributed by atoms with van der Waals surface area (Å²) in [4.78, 5) is 0. The predicted molar refractivity (Wildman–Crippen MR) is 63.4 cm³/mol. The number of rotatable bonds is 3. The smallest absolute Gasteiger partial charge is 0.0963 e. The van der Waals surface area contributed by atoms with E-state index in [4.69, 9.17) is 5.21 Å². The van der Waals surface area contributed by atoms with E-state index in [2.05, 4.69) is 11.7 Å². The Hall–Kier alpha value is -1.57. The summed E-state index contributed by atoms with van der Waals surface area (Å²) in [5.74, 6) is 0. The van der Waals surface area contributed by atoms with Crippen LogP contribution in [-0.4, -0.2) is 10.9 Å². The van der Waals surface area contributed by atoms with Crippen molar-refractivity contribution < 1.29 is 5.21 Å². The largest absolute Gasteiger partial charge is 0.411 e. The van der Waals surface area contributed by atoms with E-state index in [0.29, 0.717) is 5.71 Å². The summed E-state index contributed by atoms with van der Waals surface area (Å²) in [5, 5.41) is 12.5. The average molecular weight is 203 g/mol. The molecule has 80 valence electrons. The molecule has 0 spiro atoms. The fourth-order valence-corrected chi connectivity index (χ4v) is 1.34. The van der Waals surface area contributed by atoms with Gasteiger partial charge in [-0.3, -0.25) is 0 Å². The highest BCUT2D eigenvalue weighted by Gasteiger charge is 2.27. The van der Waals surface area contributed by atoms with E-state index in [9.17, 15) is 0 Å². The van der Waals surface area contributed by atoms with E-state index in [-0.39, 0.29) is 5.41 Å². The van der Waals surface area contributed by atoms with Gasteiger partial charge < -0.3 is 5.21 Å². The van der Waals surface area contributed by atoms with Gasteiger partial charge in [0.1, 0.15) is 0 Å². The third-order valence-corrected chi connectivity index (χ3v) is 2.81. The zero-order valence-electron chi connectivity index (χ0n) is 9.49. The van der Waals surface area contributed by atoms with Gasteiger partial charge in [0.05, 0.1) is 5.71 Å². The summed E-state index contributed by atoms with van der Waals surface area (Å²) >= 11 is 0. The van der Waals surface area contributed by atoms with Crippen LogP contribution in [0.3, 0.4) is 0 Å². The second-order valence-corrected chi connectivity index (χ2v) is 4.22. The molecule has 15 heavy (non-hydrogen) atoms. The summed E-state index contributed by atoms with van der Waals surface area (Å²) in [5.41, 5.74) is 2.22. The van der Waals surface area contributed by atoms with Gasteiger partial charge in [-0.25, -0.2) is 0 Å². The monoisotopic (exact) mass is 203 g/mol. The number of benzene rings is 1. The van der Waals surface area contributed by atoms with Gasteiger partial charge in [0.15, 0.2) is 0 Å². The molecule has 0 atom stereocenters.